The number of carbonyl (C=O) groups excluding carboxylic acids is 1. The Morgan fingerprint density at radius 1 is 1.26 bits per heavy atom. The molecule has 1 aromatic rings. The Morgan fingerprint density at radius 3 is 2.37 bits per heavy atom. The predicted octanol–water partition coefficient (Wildman–Crippen LogP) is 2.55. The number of nitrogens with one attached hydrogen (secondary N) is 1. The van der Waals surface area contributed by atoms with Gasteiger partial charge in [0.1, 0.15) is 0 Å². The third kappa shape index (κ3) is 5.12. The molecule has 4 heteroatoms. The molecule has 0 aliphatic heterocycles. The molecule has 4 nitrogen and oxygen atoms in total. The molecule has 0 aliphatic carbocycles. The van der Waals surface area contributed by atoms with Crippen LogP contribution in [0.3, 0.4) is 0 Å². The SMILES string of the molecule is C[C@@H](C(=O)NC(C)(C)CCC(=O)O)c1ccccc1. The van der Waals surface area contributed by atoms with E-state index >= 15 is 0 Å². The van der Waals surface area contributed by atoms with E-state index in [9.17, 15) is 9.59 Å². The third-order valence-corrected chi connectivity index (χ3v) is 3.12. The lowest BCUT2D eigenvalue weighted by Crippen LogP contribution is -2.45. The Hall–Kier alpha value is -1.84. The monoisotopic (exact) mass is 263 g/mol. The first-order valence-electron chi connectivity index (χ1n) is 6.40. The van der Waals surface area contributed by atoms with Crippen molar-refractivity contribution in [1.29, 1.82) is 0 Å². The van der Waals surface area contributed by atoms with Crippen LogP contribution >= 0.6 is 0 Å². The fourth-order valence-corrected chi connectivity index (χ4v) is 1.82. The van der Waals surface area contributed by atoms with E-state index in [1.807, 2.05) is 51.1 Å². The molecule has 0 aliphatic rings. The molecular formula is C15H21NO3. The van der Waals surface area contributed by atoms with Crippen molar-refractivity contribution in [1.82, 2.24) is 5.32 Å². The zero-order valence-electron chi connectivity index (χ0n) is 11.6. The van der Waals surface area contributed by atoms with Crippen molar-refractivity contribution < 1.29 is 14.7 Å². The topological polar surface area (TPSA) is 66.4 Å². The minimum Gasteiger partial charge on any atom is -0.481 e. The van der Waals surface area contributed by atoms with Gasteiger partial charge < -0.3 is 10.4 Å². The van der Waals surface area contributed by atoms with Gasteiger partial charge in [-0.25, -0.2) is 0 Å². The van der Waals surface area contributed by atoms with E-state index in [1.54, 1.807) is 0 Å². The molecule has 0 saturated heterocycles. The van der Waals surface area contributed by atoms with Gasteiger partial charge in [0, 0.05) is 12.0 Å². The Bertz CT molecular complexity index is 440. The number of benzene rings is 1. The quantitative estimate of drug-likeness (QED) is 0.829. The lowest BCUT2D eigenvalue weighted by molar-refractivity contribution is -0.137. The molecule has 0 radical (unpaired) electrons. The molecule has 1 rings (SSSR count). The molecule has 104 valence electrons. The molecule has 19 heavy (non-hydrogen) atoms. The third-order valence-electron chi connectivity index (χ3n) is 3.12. The van der Waals surface area contributed by atoms with E-state index < -0.39 is 11.5 Å². The Morgan fingerprint density at radius 2 is 1.84 bits per heavy atom. The van der Waals surface area contributed by atoms with Gasteiger partial charge in [-0.3, -0.25) is 9.59 Å². The van der Waals surface area contributed by atoms with Crippen molar-refractivity contribution in [2.45, 2.75) is 45.1 Å². The highest BCUT2D eigenvalue weighted by Gasteiger charge is 2.24. The van der Waals surface area contributed by atoms with Crippen LogP contribution in [0.25, 0.3) is 0 Å². The van der Waals surface area contributed by atoms with E-state index in [0.29, 0.717) is 6.42 Å². The Kier molecular flexibility index (Phi) is 5.10. The first-order valence-corrected chi connectivity index (χ1v) is 6.40. The number of hydrogen-bond donors (Lipinski definition) is 2. The summed E-state index contributed by atoms with van der Waals surface area (Å²) in [5.74, 6) is -1.18. The summed E-state index contributed by atoms with van der Waals surface area (Å²) in [7, 11) is 0. The van der Waals surface area contributed by atoms with Crippen molar-refractivity contribution in [2.24, 2.45) is 0 Å². The van der Waals surface area contributed by atoms with Gasteiger partial charge >= 0.3 is 5.97 Å². The number of rotatable bonds is 6. The van der Waals surface area contributed by atoms with Crippen LogP contribution in [0, 0.1) is 0 Å². The maximum atomic E-state index is 12.1. The molecule has 2 N–H and O–H groups in total. The molecule has 0 fully saturated rings. The van der Waals surface area contributed by atoms with E-state index in [4.69, 9.17) is 5.11 Å². The van der Waals surface area contributed by atoms with Gasteiger partial charge in [0.2, 0.25) is 5.91 Å². The van der Waals surface area contributed by atoms with E-state index in [0.717, 1.165) is 5.56 Å². The number of hydrogen-bond acceptors (Lipinski definition) is 2. The zero-order chi connectivity index (χ0) is 14.5. The summed E-state index contributed by atoms with van der Waals surface area (Å²) >= 11 is 0. The second-order valence-electron chi connectivity index (χ2n) is 5.40. The van der Waals surface area contributed by atoms with Gasteiger partial charge in [0.25, 0.3) is 0 Å². The fourth-order valence-electron chi connectivity index (χ4n) is 1.82. The van der Waals surface area contributed by atoms with Crippen LogP contribution in [-0.2, 0) is 9.59 Å². The number of aliphatic carboxylic acids is 1. The molecule has 0 unspecified atom stereocenters. The van der Waals surface area contributed by atoms with Crippen LogP contribution in [0.2, 0.25) is 0 Å². The Balaban J connectivity index is 2.61. The second kappa shape index (κ2) is 6.36. The standard InChI is InChI=1S/C15H21NO3/c1-11(12-7-5-4-6-8-12)14(19)16-15(2,3)10-9-13(17)18/h4-8,11H,9-10H2,1-3H3,(H,16,19)(H,17,18)/t11-/m1/s1. The van der Waals surface area contributed by atoms with E-state index in [-0.39, 0.29) is 18.2 Å². The number of carbonyl (C=O) groups is 2. The van der Waals surface area contributed by atoms with Crippen LogP contribution in [0.15, 0.2) is 30.3 Å². The lowest BCUT2D eigenvalue weighted by atomic mass is 9.95. The molecule has 1 atom stereocenters. The molecule has 0 heterocycles. The summed E-state index contributed by atoms with van der Waals surface area (Å²) < 4.78 is 0. The van der Waals surface area contributed by atoms with Crippen LogP contribution < -0.4 is 5.32 Å². The van der Waals surface area contributed by atoms with Crippen molar-refractivity contribution in [3.8, 4) is 0 Å². The summed E-state index contributed by atoms with van der Waals surface area (Å²) in [6.07, 6.45) is 0.461. The normalized spacial score (nSPS) is 12.8. The van der Waals surface area contributed by atoms with Crippen molar-refractivity contribution in [2.75, 3.05) is 0 Å². The van der Waals surface area contributed by atoms with Crippen molar-refractivity contribution in [3.63, 3.8) is 0 Å². The molecule has 1 aromatic carbocycles. The fraction of sp³-hybridized carbons (Fsp3) is 0.467. The van der Waals surface area contributed by atoms with E-state index in [2.05, 4.69) is 5.32 Å². The van der Waals surface area contributed by atoms with Crippen molar-refractivity contribution >= 4 is 11.9 Å². The largest absolute Gasteiger partial charge is 0.481 e. The highest BCUT2D eigenvalue weighted by atomic mass is 16.4. The molecule has 0 spiro atoms. The van der Waals surface area contributed by atoms with Gasteiger partial charge in [-0.15, -0.1) is 0 Å². The minimum absolute atomic E-state index is 0.0486. The van der Waals surface area contributed by atoms with Crippen LogP contribution in [0.5, 0.6) is 0 Å². The molecular weight excluding hydrogens is 242 g/mol. The maximum absolute atomic E-state index is 12.1. The first kappa shape index (κ1) is 15.2. The smallest absolute Gasteiger partial charge is 0.303 e. The molecule has 0 aromatic heterocycles. The number of carboxylic acids is 1. The molecule has 0 bridgehead atoms. The van der Waals surface area contributed by atoms with Crippen LogP contribution in [0.4, 0.5) is 0 Å². The highest BCUT2D eigenvalue weighted by Crippen LogP contribution is 2.18. The van der Waals surface area contributed by atoms with Gasteiger partial charge in [0.05, 0.1) is 5.92 Å². The van der Waals surface area contributed by atoms with Crippen LogP contribution in [0.1, 0.15) is 45.1 Å². The number of carboxylic acid groups (broad SMARTS) is 1. The second-order valence-corrected chi connectivity index (χ2v) is 5.40. The average Bonchev–Trinajstić information content (AvgIpc) is 2.36. The van der Waals surface area contributed by atoms with Gasteiger partial charge in [-0.1, -0.05) is 30.3 Å². The average molecular weight is 263 g/mol. The van der Waals surface area contributed by atoms with Gasteiger partial charge in [0.15, 0.2) is 0 Å². The van der Waals surface area contributed by atoms with Crippen molar-refractivity contribution in [3.05, 3.63) is 35.9 Å². The summed E-state index contributed by atoms with van der Waals surface area (Å²) in [4.78, 5) is 22.7. The first-order chi connectivity index (χ1) is 8.82. The summed E-state index contributed by atoms with van der Waals surface area (Å²) in [6.45, 7) is 5.52. The summed E-state index contributed by atoms with van der Waals surface area (Å²) in [6, 6.07) is 9.53. The van der Waals surface area contributed by atoms with Crippen LogP contribution in [-0.4, -0.2) is 22.5 Å². The maximum Gasteiger partial charge on any atom is 0.303 e. The lowest BCUT2D eigenvalue weighted by Gasteiger charge is -2.27. The highest BCUT2D eigenvalue weighted by molar-refractivity contribution is 5.83. The molecule has 1 amide bonds. The minimum atomic E-state index is -0.849. The Labute approximate surface area is 113 Å². The van der Waals surface area contributed by atoms with Gasteiger partial charge in [-0.2, -0.15) is 0 Å². The predicted molar refractivity (Wildman–Crippen MR) is 73.9 cm³/mol. The number of amides is 1. The summed E-state index contributed by atoms with van der Waals surface area (Å²) in [5.41, 5.74) is 0.437. The van der Waals surface area contributed by atoms with E-state index in [1.165, 1.54) is 0 Å². The van der Waals surface area contributed by atoms with Gasteiger partial charge in [-0.05, 0) is 32.8 Å². The zero-order valence-corrected chi connectivity index (χ0v) is 11.6. The summed E-state index contributed by atoms with van der Waals surface area (Å²) in [5, 5.41) is 11.6. The molecule has 0 saturated carbocycles.